The third kappa shape index (κ3) is 24.3. The molecule has 0 fully saturated rings. The molecule has 1 amide bonds. The summed E-state index contributed by atoms with van der Waals surface area (Å²) in [5.41, 5.74) is 0. The lowest BCUT2D eigenvalue weighted by atomic mass is 10.0. The van der Waals surface area contributed by atoms with Crippen LogP contribution in [-0.4, -0.2) is 68.5 Å². The van der Waals surface area contributed by atoms with Gasteiger partial charge in [0, 0.05) is 6.42 Å². The van der Waals surface area contributed by atoms with Gasteiger partial charge in [-0.3, -0.25) is 9.36 Å². The normalized spacial score (nSPS) is 15.4. The van der Waals surface area contributed by atoms with E-state index in [0.717, 1.165) is 38.5 Å². The van der Waals surface area contributed by atoms with Crippen molar-refractivity contribution >= 4 is 13.7 Å². The minimum absolute atomic E-state index is 0.000262. The maximum Gasteiger partial charge on any atom is 0.268 e. The molecule has 9 heteroatoms. The molecule has 0 heterocycles. The zero-order valence-electron chi connectivity index (χ0n) is 25.1. The van der Waals surface area contributed by atoms with Gasteiger partial charge in [-0.15, -0.1) is 0 Å². The molecule has 2 unspecified atom stereocenters. The molecule has 0 saturated carbocycles. The highest BCUT2D eigenvalue weighted by molar-refractivity contribution is 7.45. The van der Waals surface area contributed by atoms with Crippen molar-refractivity contribution in [3.05, 3.63) is 12.2 Å². The number of likely N-dealkylation sites (N-methyl/N-ethyl adjacent to an activating group) is 1. The van der Waals surface area contributed by atoms with Crippen LogP contribution in [0.3, 0.4) is 0 Å². The monoisotopic (exact) mass is 562 g/mol. The van der Waals surface area contributed by atoms with Gasteiger partial charge in [-0.25, -0.2) is 0 Å². The molecule has 0 aromatic rings. The van der Waals surface area contributed by atoms with E-state index in [2.05, 4.69) is 19.2 Å². The molecule has 0 aromatic carbocycles. The molecule has 8 nitrogen and oxygen atoms in total. The number of rotatable bonds is 26. The number of hydrogen-bond donors (Lipinski definition) is 2. The number of unbranched alkanes of at least 4 members (excludes halogenated alkanes) is 13. The number of hydrogen-bond acceptors (Lipinski definition) is 6. The molecule has 2 N–H and O–H groups in total. The summed E-state index contributed by atoms with van der Waals surface area (Å²) in [5, 5.41) is 13.4. The van der Waals surface area contributed by atoms with E-state index in [9.17, 15) is 19.4 Å². The maximum atomic E-state index is 12.3. The third-order valence-corrected chi connectivity index (χ3v) is 7.46. The number of phosphoric acid groups is 1. The average Bonchev–Trinajstić information content (AvgIpc) is 2.83. The van der Waals surface area contributed by atoms with Crippen LogP contribution in [0.1, 0.15) is 117 Å². The van der Waals surface area contributed by atoms with E-state index >= 15 is 0 Å². The first-order valence-corrected chi connectivity index (χ1v) is 16.5. The van der Waals surface area contributed by atoms with Crippen molar-refractivity contribution in [3.8, 4) is 0 Å². The van der Waals surface area contributed by atoms with Crippen LogP contribution < -0.4 is 10.2 Å². The predicted octanol–water partition coefficient (Wildman–Crippen LogP) is 5.88. The van der Waals surface area contributed by atoms with E-state index in [1.807, 2.05) is 27.2 Å². The zero-order chi connectivity index (χ0) is 28.7. The Labute approximate surface area is 233 Å². The van der Waals surface area contributed by atoms with Gasteiger partial charge >= 0.3 is 0 Å². The summed E-state index contributed by atoms with van der Waals surface area (Å²) in [4.78, 5) is 24.5. The van der Waals surface area contributed by atoms with Gasteiger partial charge in [-0.2, -0.15) is 0 Å². The van der Waals surface area contributed by atoms with Crippen molar-refractivity contribution in [2.24, 2.45) is 0 Å². The van der Waals surface area contributed by atoms with E-state index in [1.54, 1.807) is 6.08 Å². The number of aliphatic hydroxyl groups is 1. The largest absolute Gasteiger partial charge is 0.756 e. The maximum absolute atomic E-state index is 12.3. The summed E-state index contributed by atoms with van der Waals surface area (Å²) in [6, 6.07) is -0.873. The number of nitrogens with one attached hydrogen (secondary N) is 1. The van der Waals surface area contributed by atoms with E-state index in [1.165, 1.54) is 57.8 Å². The van der Waals surface area contributed by atoms with Crippen molar-refractivity contribution in [3.63, 3.8) is 0 Å². The third-order valence-electron chi connectivity index (χ3n) is 6.50. The zero-order valence-corrected chi connectivity index (χ0v) is 26.0. The number of carbonyl (C=O) groups excluding carboxylic acids is 1. The molecule has 0 saturated heterocycles. The number of carbonyl (C=O) groups is 1. The Morgan fingerprint density at radius 2 is 1.42 bits per heavy atom. The highest BCUT2D eigenvalue weighted by Crippen LogP contribution is 2.38. The number of phosphoric ester groups is 1. The van der Waals surface area contributed by atoms with Gasteiger partial charge < -0.3 is 28.8 Å². The van der Waals surface area contributed by atoms with Gasteiger partial charge in [-0.05, 0) is 19.3 Å². The summed E-state index contributed by atoms with van der Waals surface area (Å²) in [6.45, 7) is 4.42. The Balaban J connectivity index is 4.49. The molecule has 0 aliphatic heterocycles. The fourth-order valence-electron chi connectivity index (χ4n) is 3.97. The van der Waals surface area contributed by atoms with Crippen LogP contribution in [0.15, 0.2) is 12.2 Å². The summed E-state index contributed by atoms with van der Waals surface area (Å²) in [6.07, 6.45) is 20.4. The molecule has 0 spiro atoms. The number of quaternary nitrogens is 1. The van der Waals surface area contributed by atoms with E-state index < -0.39 is 20.0 Å². The average molecular weight is 563 g/mol. The van der Waals surface area contributed by atoms with E-state index in [-0.39, 0.29) is 19.1 Å². The minimum Gasteiger partial charge on any atom is -0.756 e. The van der Waals surface area contributed by atoms with Crippen LogP contribution in [0, 0.1) is 0 Å². The standard InChI is InChI=1S/C29H59N2O6P/c1-6-8-10-11-12-13-14-15-16-17-18-19-21-22-28(32)27(30-29(33)23-20-9-7-2)26-37-38(34,35)36-25-24-31(3,4)5/h21-22,27-28,32H,6-20,23-26H2,1-5H3,(H-,30,33,34,35)/b22-21+/t27?,28-/m1/s1. The second-order valence-electron chi connectivity index (χ2n) is 11.5. The predicted molar refractivity (Wildman–Crippen MR) is 155 cm³/mol. The van der Waals surface area contributed by atoms with Gasteiger partial charge in [0.05, 0.1) is 39.9 Å². The first-order chi connectivity index (χ1) is 18.0. The second kappa shape index (κ2) is 23.0. The smallest absolute Gasteiger partial charge is 0.268 e. The number of aliphatic hydroxyl groups excluding tert-OH is 1. The van der Waals surface area contributed by atoms with Gasteiger partial charge in [0.1, 0.15) is 13.2 Å². The summed E-state index contributed by atoms with van der Waals surface area (Å²) in [5.74, 6) is -0.225. The van der Waals surface area contributed by atoms with Crippen LogP contribution in [0.2, 0.25) is 0 Å². The van der Waals surface area contributed by atoms with Crippen molar-refractivity contribution in [2.75, 3.05) is 40.9 Å². The molecular weight excluding hydrogens is 503 g/mol. The van der Waals surface area contributed by atoms with Crippen LogP contribution in [-0.2, 0) is 18.4 Å². The number of nitrogens with zero attached hydrogens (tertiary/aromatic N) is 1. The molecule has 38 heavy (non-hydrogen) atoms. The fourth-order valence-corrected chi connectivity index (χ4v) is 4.69. The highest BCUT2D eigenvalue weighted by atomic mass is 31.2. The summed E-state index contributed by atoms with van der Waals surface area (Å²) >= 11 is 0. The minimum atomic E-state index is -4.55. The van der Waals surface area contributed by atoms with E-state index in [0.29, 0.717) is 17.4 Å². The van der Waals surface area contributed by atoms with E-state index in [4.69, 9.17) is 9.05 Å². The molecular formula is C29H59N2O6P. The second-order valence-corrected chi connectivity index (χ2v) is 12.9. The molecule has 0 aliphatic rings. The Hall–Kier alpha value is -0.760. The molecule has 0 radical (unpaired) electrons. The van der Waals surface area contributed by atoms with Crippen molar-refractivity contribution in [1.29, 1.82) is 0 Å². The van der Waals surface area contributed by atoms with Crippen molar-refractivity contribution in [1.82, 2.24) is 5.32 Å². The lowest BCUT2D eigenvalue weighted by Gasteiger charge is -2.29. The molecule has 0 aromatic heterocycles. The Kier molecular flexibility index (Phi) is 22.5. The SMILES string of the molecule is CCCCCCCCCCCCC/C=C/[C@@H](O)C(COP(=O)([O-])OCC[N+](C)(C)C)NC(=O)CCCCC. The molecule has 3 atom stereocenters. The van der Waals surface area contributed by atoms with Gasteiger partial charge in [0.25, 0.3) is 7.82 Å². The van der Waals surface area contributed by atoms with Crippen LogP contribution >= 0.6 is 7.82 Å². The van der Waals surface area contributed by atoms with Gasteiger partial charge in [0.2, 0.25) is 5.91 Å². The quantitative estimate of drug-likeness (QED) is 0.0590. The Morgan fingerprint density at radius 3 is 1.97 bits per heavy atom. The summed E-state index contributed by atoms with van der Waals surface area (Å²) in [7, 11) is 1.25. The molecule has 0 bridgehead atoms. The highest BCUT2D eigenvalue weighted by Gasteiger charge is 2.23. The first-order valence-electron chi connectivity index (χ1n) is 15.1. The fraction of sp³-hybridized carbons (Fsp3) is 0.897. The van der Waals surface area contributed by atoms with Crippen LogP contribution in [0.4, 0.5) is 0 Å². The molecule has 226 valence electrons. The van der Waals surface area contributed by atoms with Crippen molar-refractivity contribution < 1.29 is 32.9 Å². The van der Waals surface area contributed by atoms with Gasteiger partial charge in [0.15, 0.2) is 0 Å². The lowest BCUT2D eigenvalue weighted by Crippen LogP contribution is -2.45. The molecule has 0 rings (SSSR count). The Morgan fingerprint density at radius 1 is 0.895 bits per heavy atom. The van der Waals surface area contributed by atoms with Crippen LogP contribution in [0.25, 0.3) is 0 Å². The summed E-state index contributed by atoms with van der Waals surface area (Å²) < 4.78 is 22.7. The first kappa shape index (κ1) is 37.2. The molecule has 0 aliphatic carbocycles. The number of allylic oxidation sites excluding steroid dienone is 1. The van der Waals surface area contributed by atoms with Crippen LogP contribution in [0.5, 0.6) is 0 Å². The van der Waals surface area contributed by atoms with Crippen molar-refractivity contribution in [2.45, 2.75) is 129 Å². The topological polar surface area (TPSA) is 108 Å². The number of amides is 1. The van der Waals surface area contributed by atoms with Gasteiger partial charge in [-0.1, -0.05) is 103 Å². The lowest BCUT2D eigenvalue weighted by molar-refractivity contribution is -0.870. The Bertz CT molecular complexity index is 653.